The van der Waals surface area contributed by atoms with E-state index in [1.54, 1.807) is 0 Å². The molecule has 1 aromatic carbocycles. The molecular formula is C15H19N3. The first-order chi connectivity index (χ1) is 8.74. The molecule has 0 spiro atoms. The molecule has 0 saturated heterocycles. The molecule has 0 atom stereocenters. The molecule has 0 radical (unpaired) electrons. The first-order valence-electron chi connectivity index (χ1n) is 6.20. The zero-order chi connectivity index (χ0) is 13.0. The van der Waals surface area contributed by atoms with Crippen LogP contribution in [0, 0.1) is 0 Å². The average Bonchev–Trinajstić information content (AvgIpc) is 2.46. The Morgan fingerprint density at radius 1 is 1.11 bits per heavy atom. The number of nitrogens with zero attached hydrogens (tertiary/aromatic N) is 2. The summed E-state index contributed by atoms with van der Waals surface area (Å²) in [4.78, 5) is 6.36. The smallest absolute Gasteiger partial charge is 0.0615 e. The van der Waals surface area contributed by atoms with Crippen molar-refractivity contribution < 1.29 is 0 Å². The van der Waals surface area contributed by atoms with Crippen molar-refractivity contribution in [2.75, 3.05) is 24.3 Å². The molecule has 0 saturated carbocycles. The summed E-state index contributed by atoms with van der Waals surface area (Å²) in [6.07, 6.45) is 4.76. The molecule has 3 heteroatoms. The van der Waals surface area contributed by atoms with Gasteiger partial charge < -0.3 is 10.2 Å². The highest BCUT2D eigenvalue weighted by atomic mass is 15.1. The van der Waals surface area contributed by atoms with E-state index >= 15 is 0 Å². The quantitative estimate of drug-likeness (QED) is 0.888. The molecule has 0 aliphatic carbocycles. The molecule has 2 aromatic rings. The van der Waals surface area contributed by atoms with E-state index in [4.69, 9.17) is 0 Å². The third-order valence-corrected chi connectivity index (χ3v) is 3.13. The predicted octanol–water partition coefficient (Wildman–Crippen LogP) is 3.45. The summed E-state index contributed by atoms with van der Waals surface area (Å²) < 4.78 is 0. The van der Waals surface area contributed by atoms with Crippen LogP contribution in [0.1, 0.15) is 12.5 Å². The number of hydrogen-bond donors (Lipinski definition) is 1. The van der Waals surface area contributed by atoms with Crippen molar-refractivity contribution in [3.05, 3.63) is 48.3 Å². The Bertz CT molecular complexity index is 505. The lowest BCUT2D eigenvalue weighted by Gasteiger charge is -2.20. The van der Waals surface area contributed by atoms with E-state index in [1.807, 2.05) is 19.4 Å². The van der Waals surface area contributed by atoms with E-state index in [0.717, 1.165) is 17.8 Å². The fourth-order valence-electron chi connectivity index (χ4n) is 1.85. The summed E-state index contributed by atoms with van der Waals surface area (Å²) in [6.45, 7) is 2.17. The summed E-state index contributed by atoms with van der Waals surface area (Å²) in [5.41, 5.74) is 4.62. The van der Waals surface area contributed by atoms with Crippen LogP contribution < -0.4 is 10.2 Å². The standard InChI is InChI=1S/C15H19N3/c1-4-12-5-7-14(8-6-12)18(3)15-9-13(16-2)10-17-11-15/h5-11,16H,4H2,1-3H3. The summed E-state index contributed by atoms with van der Waals surface area (Å²) in [5, 5.41) is 3.10. The number of hydrogen-bond acceptors (Lipinski definition) is 3. The third-order valence-electron chi connectivity index (χ3n) is 3.13. The molecule has 0 fully saturated rings. The second-order valence-electron chi connectivity index (χ2n) is 4.26. The van der Waals surface area contributed by atoms with Crippen LogP contribution in [0.5, 0.6) is 0 Å². The van der Waals surface area contributed by atoms with Gasteiger partial charge in [0.2, 0.25) is 0 Å². The first kappa shape index (κ1) is 12.4. The van der Waals surface area contributed by atoms with E-state index in [-0.39, 0.29) is 0 Å². The van der Waals surface area contributed by atoms with Gasteiger partial charge in [0.05, 0.1) is 23.8 Å². The molecule has 1 N–H and O–H groups in total. The van der Waals surface area contributed by atoms with Gasteiger partial charge in [-0.3, -0.25) is 4.98 Å². The fourth-order valence-corrected chi connectivity index (χ4v) is 1.85. The molecule has 18 heavy (non-hydrogen) atoms. The maximum Gasteiger partial charge on any atom is 0.0615 e. The van der Waals surface area contributed by atoms with E-state index in [9.17, 15) is 0 Å². The molecule has 1 aromatic heterocycles. The van der Waals surface area contributed by atoms with Crippen molar-refractivity contribution in [2.24, 2.45) is 0 Å². The van der Waals surface area contributed by atoms with Gasteiger partial charge in [-0.1, -0.05) is 19.1 Å². The lowest BCUT2D eigenvalue weighted by Crippen LogP contribution is -2.10. The molecule has 3 nitrogen and oxygen atoms in total. The van der Waals surface area contributed by atoms with Crippen LogP contribution in [0.3, 0.4) is 0 Å². The molecule has 0 amide bonds. The van der Waals surface area contributed by atoms with Crippen LogP contribution in [0.25, 0.3) is 0 Å². The Morgan fingerprint density at radius 2 is 1.83 bits per heavy atom. The number of rotatable bonds is 4. The van der Waals surface area contributed by atoms with Gasteiger partial charge in [-0.2, -0.15) is 0 Å². The molecular weight excluding hydrogens is 222 g/mol. The Balaban J connectivity index is 2.25. The maximum absolute atomic E-state index is 4.23. The Hall–Kier alpha value is -2.03. The zero-order valence-electron chi connectivity index (χ0n) is 11.1. The minimum Gasteiger partial charge on any atom is -0.387 e. The molecule has 0 aliphatic heterocycles. The number of pyridine rings is 1. The second-order valence-corrected chi connectivity index (χ2v) is 4.26. The number of nitrogens with one attached hydrogen (secondary N) is 1. The van der Waals surface area contributed by atoms with E-state index < -0.39 is 0 Å². The van der Waals surface area contributed by atoms with Crippen molar-refractivity contribution in [1.82, 2.24) is 4.98 Å². The highest BCUT2D eigenvalue weighted by Crippen LogP contribution is 2.25. The van der Waals surface area contributed by atoms with E-state index in [1.165, 1.54) is 11.3 Å². The summed E-state index contributed by atoms with van der Waals surface area (Å²) in [6, 6.07) is 10.7. The predicted molar refractivity (Wildman–Crippen MR) is 77.7 cm³/mol. The second kappa shape index (κ2) is 5.54. The van der Waals surface area contributed by atoms with Gasteiger partial charge in [-0.15, -0.1) is 0 Å². The normalized spacial score (nSPS) is 10.2. The van der Waals surface area contributed by atoms with Crippen LogP contribution in [0.2, 0.25) is 0 Å². The molecule has 1 heterocycles. The van der Waals surface area contributed by atoms with Gasteiger partial charge in [0.25, 0.3) is 0 Å². The van der Waals surface area contributed by atoms with E-state index in [0.29, 0.717) is 0 Å². The lowest BCUT2D eigenvalue weighted by atomic mass is 10.1. The lowest BCUT2D eigenvalue weighted by molar-refractivity contribution is 1.13. The molecule has 94 valence electrons. The average molecular weight is 241 g/mol. The minimum atomic E-state index is 1.02. The van der Waals surface area contributed by atoms with Gasteiger partial charge in [0, 0.05) is 19.8 Å². The summed E-state index contributed by atoms with van der Waals surface area (Å²) >= 11 is 0. The van der Waals surface area contributed by atoms with Crippen molar-refractivity contribution >= 4 is 17.1 Å². The van der Waals surface area contributed by atoms with Gasteiger partial charge in [0.15, 0.2) is 0 Å². The highest BCUT2D eigenvalue weighted by Gasteiger charge is 2.04. The van der Waals surface area contributed by atoms with Crippen molar-refractivity contribution in [1.29, 1.82) is 0 Å². The Kier molecular flexibility index (Phi) is 3.82. The fraction of sp³-hybridized carbons (Fsp3) is 0.267. The third kappa shape index (κ3) is 2.62. The number of aromatic nitrogens is 1. The number of benzene rings is 1. The summed E-state index contributed by atoms with van der Waals surface area (Å²) in [7, 11) is 3.95. The first-order valence-corrected chi connectivity index (χ1v) is 6.20. The van der Waals surface area contributed by atoms with Gasteiger partial charge in [0.1, 0.15) is 0 Å². The van der Waals surface area contributed by atoms with Crippen molar-refractivity contribution in [3.63, 3.8) is 0 Å². The Morgan fingerprint density at radius 3 is 2.44 bits per heavy atom. The molecule has 2 rings (SSSR count). The van der Waals surface area contributed by atoms with Gasteiger partial charge in [-0.05, 0) is 30.2 Å². The monoisotopic (exact) mass is 241 g/mol. The van der Waals surface area contributed by atoms with Crippen LogP contribution in [0.15, 0.2) is 42.7 Å². The van der Waals surface area contributed by atoms with Crippen molar-refractivity contribution in [2.45, 2.75) is 13.3 Å². The Labute approximate surface area is 108 Å². The molecule has 0 unspecified atom stereocenters. The maximum atomic E-state index is 4.23. The topological polar surface area (TPSA) is 28.2 Å². The highest BCUT2D eigenvalue weighted by molar-refractivity contribution is 5.65. The SMILES string of the molecule is CCc1ccc(N(C)c2cncc(NC)c2)cc1. The zero-order valence-corrected chi connectivity index (χ0v) is 11.1. The van der Waals surface area contributed by atoms with Gasteiger partial charge in [-0.25, -0.2) is 0 Å². The summed E-state index contributed by atoms with van der Waals surface area (Å²) in [5.74, 6) is 0. The van der Waals surface area contributed by atoms with Crippen LogP contribution in [-0.2, 0) is 6.42 Å². The van der Waals surface area contributed by atoms with Crippen LogP contribution in [0.4, 0.5) is 17.1 Å². The van der Waals surface area contributed by atoms with Gasteiger partial charge >= 0.3 is 0 Å². The minimum absolute atomic E-state index is 1.02. The van der Waals surface area contributed by atoms with Crippen LogP contribution in [-0.4, -0.2) is 19.1 Å². The largest absolute Gasteiger partial charge is 0.387 e. The molecule has 0 bridgehead atoms. The van der Waals surface area contributed by atoms with Crippen LogP contribution >= 0.6 is 0 Å². The van der Waals surface area contributed by atoms with Crippen molar-refractivity contribution in [3.8, 4) is 0 Å². The molecule has 0 aliphatic rings. The van der Waals surface area contributed by atoms with E-state index in [2.05, 4.69) is 59.5 Å². The number of aryl methyl sites for hydroxylation is 1. The number of anilines is 3.